The average molecular weight is 280 g/mol. The van der Waals surface area contributed by atoms with Crippen LogP contribution in [0.4, 0.5) is 0 Å². The van der Waals surface area contributed by atoms with Gasteiger partial charge in [-0.2, -0.15) is 0 Å². The number of nitrogens with zero attached hydrogens (tertiary/aromatic N) is 2. The molecule has 2 aliphatic heterocycles. The molecule has 2 heteroatoms. The monoisotopic (exact) mass is 280 g/mol. The lowest BCUT2D eigenvalue weighted by atomic mass is 10.1. The minimum absolute atomic E-state index is 0.868. The van der Waals surface area contributed by atoms with Gasteiger partial charge in [0.15, 0.2) is 0 Å². The molecule has 2 heterocycles. The molecule has 2 fully saturated rings. The van der Waals surface area contributed by atoms with Crippen molar-refractivity contribution in [1.29, 1.82) is 0 Å². The van der Waals surface area contributed by atoms with Crippen LogP contribution in [0.15, 0.2) is 12.3 Å². The molecule has 0 aromatic rings. The van der Waals surface area contributed by atoms with Crippen molar-refractivity contribution in [3.63, 3.8) is 0 Å². The molecule has 0 amide bonds. The Morgan fingerprint density at radius 1 is 1.00 bits per heavy atom. The van der Waals surface area contributed by atoms with E-state index in [4.69, 9.17) is 0 Å². The Morgan fingerprint density at radius 2 is 1.60 bits per heavy atom. The van der Waals surface area contributed by atoms with Crippen LogP contribution >= 0.6 is 0 Å². The first-order chi connectivity index (χ1) is 9.60. The van der Waals surface area contributed by atoms with E-state index in [1.165, 1.54) is 86.6 Å². The predicted octanol–water partition coefficient (Wildman–Crippen LogP) is 3.93. The average Bonchev–Trinajstić information content (AvgIpc) is 3.06. The van der Waals surface area contributed by atoms with Crippen LogP contribution in [0.5, 0.6) is 0 Å². The van der Waals surface area contributed by atoms with E-state index in [-0.39, 0.29) is 0 Å². The normalized spacial score (nSPS) is 26.4. The first-order valence-corrected chi connectivity index (χ1v) is 8.98. The fourth-order valence-electron chi connectivity index (χ4n) is 4.41. The van der Waals surface area contributed by atoms with Crippen LogP contribution < -0.4 is 0 Å². The first-order valence-electron chi connectivity index (χ1n) is 8.98. The van der Waals surface area contributed by atoms with Gasteiger partial charge in [-0.25, -0.2) is 0 Å². The zero-order valence-corrected chi connectivity index (χ0v) is 14.1. The lowest BCUT2D eigenvalue weighted by molar-refractivity contribution is -0.938. The van der Waals surface area contributed by atoms with Crippen LogP contribution in [0.3, 0.4) is 0 Å². The summed E-state index contributed by atoms with van der Waals surface area (Å²) < 4.78 is 2.59. The van der Waals surface area contributed by atoms with Crippen molar-refractivity contribution >= 4 is 0 Å². The van der Waals surface area contributed by atoms with Crippen molar-refractivity contribution in [3.8, 4) is 0 Å². The molecule has 0 aromatic carbocycles. The quantitative estimate of drug-likeness (QED) is 0.620. The Morgan fingerprint density at radius 3 is 2.20 bits per heavy atom. The number of rotatable bonds is 7. The van der Waals surface area contributed by atoms with Gasteiger partial charge in [-0.05, 0) is 19.4 Å². The third-order valence-electron chi connectivity index (χ3n) is 5.89. The third kappa shape index (κ3) is 3.85. The molecule has 116 valence electrons. The molecule has 0 aliphatic carbocycles. The van der Waals surface area contributed by atoms with Gasteiger partial charge in [0.25, 0.3) is 0 Å². The predicted molar refractivity (Wildman–Crippen MR) is 87.4 cm³/mol. The van der Waals surface area contributed by atoms with Crippen LogP contribution in [0, 0.1) is 0 Å². The molecule has 1 atom stereocenters. The highest BCUT2D eigenvalue weighted by Gasteiger charge is 2.36. The number of quaternary nitrogens is 2. The fraction of sp³-hybridized carbons (Fsp3) is 0.889. The van der Waals surface area contributed by atoms with E-state index in [1.54, 1.807) is 0 Å². The van der Waals surface area contributed by atoms with Crippen LogP contribution in [0.25, 0.3) is 0 Å². The standard InChI is InChI=1S/C18H36N2/c1-4-11-18(2)20(16-9-10-17-20)15-8-7-14-19(3)12-5-6-13-19/h7,14,18H,4-6,8-13,15-17H2,1-3H3/q+2/b14-7+. The van der Waals surface area contributed by atoms with Gasteiger partial charge in [0.2, 0.25) is 0 Å². The maximum Gasteiger partial charge on any atom is 0.0918 e. The van der Waals surface area contributed by atoms with E-state index in [0.29, 0.717) is 0 Å². The minimum Gasteiger partial charge on any atom is -0.321 e. The fourth-order valence-corrected chi connectivity index (χ4v) is 4.41. The molecular formula is C18H36N2+2. The SMILES string of the molecule is CCCC(C)[N+]1(CC/C=C/[N+]2(C)CCCC2)CCCC1. The molecule has 1 unspecified atom stereocenters. The van der Waals surface area contributed by atoms with Crippen molar-refractivity contribution in [2.45, 2.75) is 64.8 Å². The molecule has 0 N–H and O–H groups in total. The minimum atomic E-state index is 0.868. The Kier molecular flexibility index (Phi) is 5.68. The second kappa shape index (κ2) is 7.09. The van der Waals surface area contributed by atoms with Gasteiger partial charge in [-0.1, -0.05) is 13.3 Å². The maximum atomic E-state index is 2.49. The van der Waals surface area contributed by atoms with Gasteiger partial charge < -0.3 is 4.48 Å². The van der Waals surface area contributed by atoms with Crippen molar-refractivity contribution in [1.82, 2.24) is 0 Å². The Balaban J connectivity index is 1.84. The summed E-state index contributed by atoms with van der Waals surface area (Å²) in [5.74, 6) is 0. The van der Waals surface area contributed by atoms with Crippen molar-refractivity contribution in [2.75, 3.05) is 39.8 Å². The highest BCUT2D eigenvalue weighted by molar-refractivity contribution is 4.77. The molecule has 0 spiro atoms. The summed E-state index contributed by atoms with van der Waals surface area (Å²) in [6, 6.07) is 0.868. The van der Waals surface area contributed by atoms with Gasteiger partial charge in [0, 0.05) is 32.1 Å². The molecule has 0 aromatic heterocycles. The maximum absolute atomic E-state index is 2.49. The smallest absolute Gasteiger partial charge is 0.0918 e. The second-order valence-electron chi connectivity index (χ2n) is 7.54. The second-order valence-corrected chi connectivity index (χ2v) is 7.54. The number of hydrogen-bond donors (Lipinski definition) is 0. The van der Waals surface area contributed by atoms with Crippen LogP contribution in [0.1, 0.15) is 58.8 Å². The number of likely N-dealkylation sites (tertiary alicyclic amines) is 2. The summed E-state index contributed by atoms with van der Waals surface area (Å²) >= 11 is 0. The zero-order chi connectivity index (χ0) is 14.5. The van der Waals surface area contributed by atoms with E-state index in [1.807, 2.05) is 0 Å². The highest BCUT2D eigenvalue weighted by atomic mass is 15.4. The summed E-state index contributed by atoms with van der Waals surface area (Å²) in [7, 11) is 2.39. The van der Waals surface area contributed by atoms with Crippen molar-refractivity contribution in [2.24, 2.45) is 0 Å². The molecule has 0 saturated carbocycles. The lowest BCUT2D eigenvalue weighted by Crippen LogP contribution is -2.52. The summed E-state index contributed by atoms with van der Waals surface area (Å²) in [5, 5.41) is 0. The third-order valence-corrected chi connectivity index (χ3v) is 5.89. The van der Waals surface area contributed by atoms with E-state index < -0.39 is 0 Å². The van der Waals surface area contributed by atoms with Crippen LogP contribution in [0.2, 0.25) is 0 Å². The highest BCUT2D eigenvalue weighted by Crippen LogP contribution is 2.27. The van der Waals surface area contributed by atoms with Gasteiger partial charge >= 0.3 is 0 Å². The van der Waals surface area contributed by atoms with Crippen LogP contribution in [-0.2, 0) is 0 Å². The summed E-state index contributed by atoms with van der Waals surface area (Å²) in [6.45, 7) is 11.8. The molecule has 2 nitrogen and oxygen atoms in total. The summed E-state index contributed by atoms with van der Waals surface area (Å²) in [5.41, 5.74) is 0. The molecule has 2 aliphatic rings. The van der Waals surface area contributed by atoms with Gasteiger partial charge in [-0.3, -0.25) is 4.48 Å². The van der Waals surface area contributed by atoms with Gasteiger partial charge in [-0.15, -0.1) is 0 Å². The summed E-state index contributed by atoms with van der Waals surface area (Å²) in [6.07, 6.45) is 14.7. The van der Waals surface area contributed by atoms with Gasteiger partial charge in [0.05, 0.1) is 52.0 Å². The molecule has 2 saturated heterocycles. The van der Waals surface area contributed by atoms with E-state index in [2.05, 4.69) is 33.2 Å². The Hall–Kier alpha value is -0.340. The zero-order valence-electron chi connectivity index (χ0n) is 14.1. The van der Waals surface area contributed by atoms with Crippen molar-refractivity contribution < 1.29 is 8.97 Å². The van der Waals surface area contributed by atoms with E-state index >= 15 is 0 Å². The largest absolute Gasteiger partial charge is 0.321 e. The molecule has 2 rings (SSSR count). The van der Waals surface area contributed by atoms with Gasteiger partial charge in [0.1, 0.15) is 0 Å². The molecule has 0 bridgehead atoms. The molecular weight excluding hydrogens is 244 g/mol. The lowest BCUT2D eigenvalue weighted by Gasteiger charge is -2.40. The number of hydrogen-bond acceptors (Lipinski definition) is 0. The Labute approximate surface area is 126 Å². The molecule has 0 radical (unpaired) electrons. The topological polar surface area (TPSA) is 0 Å². The van der Waals surface area contributed by atoms with E-state index in [0.717, 1.165) is 6.04 Å². The van der Waals surface area contributed by atoms with Crippen molar-refractivity contribution in [3.05, 3.63) is 12.3 Å². The first kappa shape index (κ1) is 16.0. The van der Waals surface area contributed by atoms with Crippen LogP contribution in [-0.4, -0.2) is 54.8 Å². The Bertz CT molecular complexity index is 309. The summed E-state index contributed by atoms with van der Waals surface area (Å²) in [4.78, 5) is 0. The molecule has 20 heavy (non-hydrogen) atoms. The van der Waals surface area contributed by atoms with E-state index in [9.17, 15) is 0 Å².